The summed E-state index contributed by atoms with van der Waals surface area (Å²) in [6, 6.07) is 0. The van der Waals surface area contributed by atoms with Gasteiger partial charge >= 0.3 is 5.97 Å². The van der Waals surface area contributed by atoms with Crippen LogP contribution in [0.5, 0.6) is 0 Å². The Balaban J connectivity index is 3.34. The minimum Gasteiger partial charge on any atom is -0.481 e. The fourth-order valence-electron chi connectivity index (χ4n) is 0.101. The van der Waals surface area contributed by atoms with Gasteiger partial charge in [0.15, 0.2) is 0 Å². The molecule has 40 valence electrons. The van der Waals surface area contributed by atoms with Crippen molar-refractivity contribution in [2.45, 2.75) is 13.3 Å². The molecule has 0 amide bonds. The quantitative estimate of drug-likeness (QED) is 0.557. The van der Waals surface area contributed by atoms with E-state index in [0.717, 1.165) is 0 Å². The molecule has 2 nitrogen and oxygen atoms in total. The van der Waals surface area contributed by atoms with E-state index in [1.807, 2.05) is 0 Å². The van der Waals surface area contributed by atoms with Gasteiger partial charge in [-0.15, -0.1) is 0 Å². The molecular weight excluding hydrogens is 92.1 g/mol. The first kappa shape index (κ1) is 6.47. The van der Waals surface area contributed by atoms with Crippen molar-refractivity contribution >= 4 is 5.97 Å². The maximum atomic E-state index is 9.85. The monoisotopic (exact) mass is 100 g/mol. The van der Waals surface area contributed by atoms with Gasteiger partial charge in [0.05, 0.1) is 5.92 Å². The lowest BCUT2D eigenvalue weighted by Crippen LogP contribution is -2.06. The van der Waals surface area contributed by atoms with Gasteiger partial charge in [-0.25, -0.2) is 0 Å². The first-order valence-electron chi connectivity index (χ1n) is 2.11. The van der Waals surface area contributed by atoms with E-state index in [1.54, 1.807) is 6.92 Å². The van der Waals surface area contributed by atoms with Crippen LogP contribution in [0.15, 0.2) is 0 Å². The predicted molar refractivity (Wildman–Crippen MR) is 25.7 cm³/mol. The molecule has 0 heterocycles. The summed E-state index contributed by atoms with van der Waals surface area (Å²) in [4.78, 5) is 9.85. The highest BCUT2D eigenvalue weighted by molar-refractivity contribution is 5.69. The number of hydrogen-bond donors (Lipinski definition) is 1. The zero-order chi connectivity index (χ0) is 5.86. The smallest absolute Gasteiger partial charge is 0.306 e. The van der Waals surface area contributed by atoms with Gasteiger partial charge in [-0.3, -0.25) is 4.79 Å². The normalized spacial score (nSPS) is 13.4. The average molecular weight is 100 g/mol. The second kappa shape index (κ2) is 2.61. The zero-order valence-corrected chi connectivity index (χ0v) is 4.22. The molecule has 0 saturated carbocycles. The fraction of sp³-hybridized carbons (Fsp3) is 0.600. The summed E-state index contributed by atoms with van der Waals surface area (Å²) in [7, 11) is 0. The SMILES string of the molecule is [CH]C[C@H](C)C(=O)O. The van der Waals surface area contributed by atoms with Gasteiger partial charge in [0, 0.05) is 0 Å². The van der Waals surface area contributed by atoms with Crippen molar-refractivity contribution < 1.29 is 9.90 Å². The number of rotatable bonds is 2. The Kier molecular flexibility index (Phi) is 2.41. The van der Waals surface area contributed by atoms with Crippen molar-refractivity contribution in [2.75, 3.05) is 0 Å². The summed E-state index contributed by atoms with van der Waals surface area (Å²) in [5, 5.41) is 8.10. The minimum absolute atomic E-state index is 0.218. The summed E-state index contributed by atoms with van der Waals surface area (Å²) in [6.45, 7) is 6.56. The average Bonchev–Trinajstić information content (AvgIpc) is 1.65. The van der Waals surface area contributed by atoms with Crippen molar-refractivity contribution in [3.8, 4) is 0 Å². The Morgan fingerprint density at radius 2 is 2.43 bits per heavy atom. The second-order valence-electron chi connectivity index (χ2n) is 1.47. The number of carbonyl (C=O) groups is 1. The Morgan fingerprint density at radius 3 is 2.43 bits per heavy atom. The molecule has 1 N–H and O–H groups in total. The summed E-state index contributed by atoms with van der Waals surface area (Å²) in [6.07, 6.45) is 0.218. The van der Waals surface area contributed by atoms with Gasteiger partial charge in [0.2, 0.25) is 0 Å². The van der Waals surface area contributed by atoms with Crippen LogP contribution in [0.3, 0.4) is 0 Å². The molecule has 0 unspecified atom stereocenters. The largest absolute Gasteiger partial charge is 0.481 e. The minimum atomic E-state index is -0.831. The third-order valence-corrected chi connectivity index (χ3v) is 0.775. The maximum Gasteiger partial charge on any atom is 0.306 e. The van der Waals surface area contributed by atoms with Crippen molar-refractivity contribution in [3.05, 3.63) is 6.92 Å². The third kappa shape index (κ3) is 2.20. The van der Waals surface area contributed by atoms with E-state index in [2.05, 4.69) is 0 Å². The van der Waals surface area contributed by atoms with E-state index in [9.17, 15) is 4.79 Å². The van der Waals surface area contributed by atoms with Crippen LogP contribution in [0.4, 0.5) is 0 Å². The molecule has 0 aromatic rings. The van der Waals surface area contributed by atoms with Gasteiger partial charge in [0.1, 0.15) is 0 Å². The van der Waals surface area contributed by atoms with E-state index in [0.29, 0.717) is 0 Å². The van der Waals surface area contributed by atoms with Gasteiger partial charge in [-0.2, -0.15) is 0 Å². The number of carboxylic acids is 1. The molecule has 2 radical (unpaired) electrons. The van der Waals surface area contributed by atoms with Gasteiger partial charge in [-0.05, 0) is 13.3 Å². The Bertz CT molecular complexity index is 68.5. The third-order valence-electron chi connectivity index (χ3n) is 0.775. The van der Waals surface area contributed by atoms with Crippen LogP contribution in [0.2, 0.25) is 0 Å². The number of carboxylic acid groups (broad SMARTS) is 1. The van der Waals surface area contributed by atoms with Crippen molar-refractivity contribution in [1.29, 1.82) is 0 Å². The predicted octanol–water partition coefficient (Wildman–Crippen LogP) is 0.808. The van der Waals surface area contributed by atoms with Crippen LogP contribution < -0.4 is 0 Å². The second-order valence-corrected chi connectivity index (χ2v) is 1.47. The first-order chi connectivity index (χ1) is 3.18. The van der Waals surface area contributed by atoms with Crippen LogP contribution >= 0.6 is 0 Å². The van der Waals surface area contributed by atoms with Crippen LogP contribution in [0, 0.1) is 12.8 Å². The zero-order valence-electron chi connectivity index (χ0n) is 4.22. The van der Waals surface area contributed by atoms with Crippen molar-refractivity contribution in [3.63, 3.8) is 0 Å². The van der Waals surface area contributed by atoms with Crippen molar-refractivity contribution in [1.82, 2.24) is 0 Å². The van der Waals surface area contributed by atoms with Crippen LogP contribution in [0.1, 0.15) is 13.3 Å². The highest BCUT2D eigenvalue weighted by atomic mass is 16.4. The molecule has 0 fully saturated rings. The Hall–Kier alpha value is -0.530. The molecule has 0 aromatic heterocycles. The summed E-state index contributed by atoms with van der Waals surface area (Å²) in [5.74, 6) is -1.23. The van der Waals surface area contributed by atoms with E-state index >= 15 is 0 Å². The van der Waals surface area contributed by atoms with Gasteiger partial charge in [-0.1, -0.05) is 6.92 Å². The topological polar surface area (TPSA) is 37.3 Å². The molecular formula is C5H8O2. The summed E-state index contributed by atoms with van der Waals surface area (Å²) < 4.78 is 0. The molecule has 0 bridgehead atoms. The van der Waals surface area contributed by atoms with E-state index in [1.165, 1.54) is 0 Å². The molecule has 0 aliphatic rings. The molecule has 0 spiro atoms. The van der Waals surface area contributed by atoms with Crippen LogP contribution in [-0.2, 0) is 4.79 Å². The molecule has 0 aromatic carbocycles. The van der Waals surface area contributed by atoms with Gasteiger partial charge < -0.3 is 5.11 Å². The molecule has 0 rings (SSSR count). The standard InChI is InChI=1S/C5H8O2/c1-3-4(2)5(6)7/h1,4H,3H2,2H3,(H,6,7)/t4-/m0/s1. The lowest BCUT2D eigenvalue weighted by Gasteiger charge is -1.96. The maximum absolute atomic E-state index is 9.85. The molecule has 0 saturated heterocycles. The van der Waals surface area contributed by atoms with Gasteiger partial charge in [0.25, 0.3) is 0 Å². The highest BCUT2D eigenvalue weighted by Gasteiger charge is 2.05. The lowest BCUT2D eigenvalue weighted by molar-refractivity contribution is -0.140. The first-order valence-corrected chi connectivity index (χ1v) is 2.11. The van der Waals surface area contributed by atoms with Crippen LogP contribution in [0.25, 0.3) is 0 Å². The fourth-order valence-corrected chi connectivity index (χ4v) is 0.101. The highest BCUT2D eigenvalue weighted by Crippen LogP contribution is 1.97. The molecule has 0 aliphatic carbocycles. The number of aliphatic carboxylic acids is 1. The van der Waals surface area contributed by atoms with Crippen LogP contribution in [-0.4, -0.2) is 11.1 Å². The van der Waals surface area contributed by atoms with Crippen molar-refractivity contribution in [2.24, 2.45) is 5.92 Å². The molecule has 7 heavy (non-hydrogen) atoms. The lowest BCUT2D eigenvalue weighted by atomic mass is 10.1. The summed E-state index contributed by atoms with van der Waals surface area (Å²) >= 11 is 0. The van der Waals surface area contributed by atoms with E-state index in [4.69, 9.17) is 12.0 Å². The molecule has 1 atom stereocenters. The number of hydrogen-bond acceptors (Lipinski definition) is 1. The Morgan fingerprint density at radius 1 is 2.00 bits per heavy atom. The van der Waals surface area contributed by atoms with E-state index < -0.39 is 11.9 Å². The summed E-state index contributed by atoms with van der Waals surface area (Å²) in [5.41, 5.74) is 0. The van der Waals surface area contributed by atoms with E-state index in [-0.39, 0.29) is 6.42 Å². The Labute approximate surface area is 43.2 Å². The molecule has 0 aliphatic heterocycles. The molecule has 2 heteroatoms.